The van der Waals surface area contributed by atoms with E-state index in [1.54, 1.807) is 7.11 Å². The first-order valence-electron chi connectivity index (χ1n) is 6.61. The van der Waals surface area contributed by atoms with Gasteiger partial charge in [0.05, 0.1) is 6.61 Å². The van der Waals surface area contributed by atoms with Gasteiger partial charge in [0.1, 0.15) is 0 Å². The average Bonchev–Trinajstić information content (AvgIpc) is 2.93. The maximum Gasteiger partial charge on any atom is 0.0587 e. The van der Waals surface area contributed by atoms with E-state index >= 15 is 0 Å². The molecule has 2 rings (SSSR count). The second-order valence-electron chi connectivity index (χ2n) is 5.24. The first-order chi connectivity index (χ1) is 7.42. The van der Waals surface area contributed by atoms with Gasteiger partial charge in [0.15, 0.2) is 0 Å². The second kappa shape index (κ2) is 5.86. The van der Waals surface area contributed by atoms with Gasteiger partial charge in [-0.15, -0.1) is 0 Å². The number of methoxy groups -OCH3 is 1. The Morgan fingerprint density at radius 2 is 1.80 bits per heavy atom. The third-order valence-corrected chi connectivity index (χ3v) is 4.10. The van der Waals surface area contributed by atoms with E-state index in [4.69, 9.17) is 4.74 Å². The third-order valence-electron chi connectivity index (χ3n) is 4.10. The average molecular weight is 211 g/mol. The van der Waals surface area contributed by atoms with E-state index in [0.717, 1.165) is 30.9 Å². The lowest BCUT2D eigenvalue weighted by Crippen LogP contribution is -2.30. The van der Waals surface area contributed by atoms with Gasteiger partial charge in [-0.25, -0.2) is 0 Å². The summed E-state index contributed by atoms with van der Waals surface area (Å²) < 4.78 is 5.06. The molecule has 1 atom stereocenters. The van der Waals surface area contributed by atoms with Gasteiger partial charge in [0, 0.05) is 13.7 Å². The van der Waals surface area contributed by atoms with Crippen LogP contribution >= 0.6 is 0 Å². The van der Waals surface area contributed by atoms with E-state index in [9.17, 15) is 0 Å². The molecule has 0 aliphatic heterocycles. The van der Waals surface area contributed by atoms with Gasteiger partial charge in [0.2, 0.25) is 0 Å². The minimum absolute atomic E-state index is 0.849. The van der Waals surface area contributed by atoms with Gasteiger partial charge in [-0.1, -0.05) is 25.7 Å². The normalized spacial score (nSPS) is 24.6. The first kappa shape index (κ1) is 11.4. The van der Waals surface area contributed by atoms with E-state index in [-0.39, 0.29) is 0 Å². The van der Waals surface area contributed by atoms with E-state index < -0.39 is 0 Å². The SMILES string of the molecule is COCCNCC(C1CCCC1)C1CC1. The lowest BCUT2D eigenvalue weighted by atomic mass is 9.87. The number of hydrogen-bond donors (Lipinski definition) is 1. The van der Waals surface area contributed by atoms with E-state index in [2.05, 4.69) is 5.32 Å². The number of nitrogens with one attached hydrogen (secondary N) is 1. The smallest absolute Gasteiger partial charge is 0.0587 e. The number of ether oxygens (including phenoxy) is 1. The fourth-order valence-electron chi connectivity index (χ4n) is 3.07. The first-order valence-corrected chi connectivity index (χ1v) is 6.61. The summed E-state index contributed by atoms with van der Waals surface area (Å²) in [5.41, 5.74) is 0. The van der Waals surface area contributed by atoms with Crippen molar-refractivity contribution in [1.29, 1.82) is 0 Å². The van der Waals surface area contributed by atoms with Gasteiger partial charge < -0.3 is 10.1 Å². The molecule has 0 saturated heterocycles. The second-order valence-corrected chi connectivity index (χ2v) is 5.24. The molecule has 0 aromatic carbocycles. The topological polar surface area (TPSA) is 21.3 Å². The van der Waals surface area contributed by atoms with Crippen LogP contribution in [0.5, 0.6) is 0 Å². The highest BCUT2D eigenvalue weighted by Gasteiger charge is 2.36. The lowest BCUT2D eigenvalue weighted by Gasteiger charge is -2.23. The van der Waals surface area contributed by atoms with Gasteiger partial charge >= 0.3 is 0 Å². The summed E-state index contributed by atoms with van der Waals surface area (Å²) in [5, 5.41) is 3.56. The molecule has 2 aliphatic carbocycles. The standard InChI is InChI=1S/C13H25NO/c1-15-9-8-14-10-13(12-6-7-12)11-4-2-3-5-11/h11-14H,2-10H2,1H3. The Labute approximate surface area is 93.8 Å². The molecule has 0 radical (unpaired) electrons. The van der Waals surface area contributed by atoms with Crippen molar-refractivity contribution in [1.82, 2.24) is 5.32 Å². The Morgan fingerprint density at radius 1 is 1.13 bits per heavy atom. The summed E-state index contributed by atoms with van der Waals surface area (Å²) in [6.07, 6.45) is 8.93. The van der Waals surface area contributed by atoms with Crippen LogP contribution in [0, 0.1) is 17.8 Å². The van der Waals surface area contributed by atoms with Gasteiger partial charge in [0.25, 0.3) is 0 Å². The van der Waals surface area contributed by atoms with Crippen LogP contribution in [0.3, 0.4) is 0 Å². The van der Waals surface area contributed by atoms with Crippen molar-refractivity contribution in [3.63, 3.8) is 0 Å². The molecule has 2 nitrogen and oxygen atoms in total. The van der Waals surface area contributed by atoms with Crippen molar-refractivity contribution in [2.24, 2.45) is 17.8 Å². The van der Waals surface area contributed by atoms with Gasteiger partial charge in [-0.3, -0.25) is 0 Å². The van der Waals surface area contributed by atoms with Crippen molar-refractivity contribution >= 4 is 0 Å². The largest absolute Gasteiger partial charge is 0.383 e. The quantitative estimate of drug-likeness (QED) is 0.653. The molecular weight excluding hydrogens is 186 g/mol. The molecule has 0 bridgehead atoms. The van der Waals surface area contributed by atoms with Crippen molar-refractivity contribution in [3.05, 3.63) is 0 Å². The Bertz CT molecular complexity index is 173. The third kappa shape index (κ3) is 3.46. The predicted molar refractivity (Wildman–Crippen MR) is 62.9 cm³/mol. The molecule has 1 unspecified atom stereocenters. The van der Waals surface area contributed by atoms with Crippen molar-refractivity contribution in [2.75, 3.05) is 26.8 Å². The molecule has 2 fully saturated rings. The van der Waals surface area contributed by atoms with Crippen LogP contribution in [0.1, 0.15) is 38.5 Å². The van der Waals surface area contributed by atoms with Crippen molar-refractivity contribution < 1.29 is 4.74 Å². The lowest BCUT2D eigenvalue weighted by molar-refractivity contribution is 0.193. The molecule has 1 N–H and O–H groups in total. The highest BCUT2D eigenvalue weighted by atomic mass is 16.5. The summed E-state index contributed by atoms with van der Waals surface area (Å²) in [4.78, 5) is 0. The molecule has 15 heavy (non-hydrogen) atoms. The summed E-state index contributed by atoms with van der Waals surface area (Å²) >= 11 is 0. The van der Waals surface area contributed by atoms with Crippen LogP contribution < -0.4 is 5.32 Å². The number of hydrogen-bond acceptors (Lipinski definition) is 2. The molecule has 2 aliphatic rings. The van der Waals surface area contributed by atoms with Crippen molar-refractivity contribution in [3.8, 4) is 0 Å². The monoisotopic (exact) mass is 211 g/mol. The molecular formula is C13H25NO. The maximum absolute atomic E-state index is 5.06. The fraction of sp³-hybridized carbons (Fsp3) is 1.00. The Kier molecular flexibility index (Phi) is 4.45. The molecule has 0 aromatic heterocycles. The van der Waals surface area contributed by atoms with Gasteiger partial charge in [-0.2, -0.15) is 0 Å². The molecule has 0 amide bonds. The minimum atomic E-state index is 0.849. The molecule has 2 saturated carbocycles. The zero-order valence-electron chi connectivity index (χ0n) is 10.0. The van der Waals surface area contributed by atoms with Gasteiger partial charge in [-0.05, 0) is 37.1 Å². The fourth-order valence-corrected chi connectivity index (χ4v) is 3.07. The summed E-state index contributed by atoms with van der Waals surface area (Å²) in [6.45, 7) is 3.10. The van der Waals surface area contributed by atoms with Crippen LogP contribution in [-0.2, 0) is 4.74 Å². The van der Waals surface area contributed by atoms with Crippen LogP contribution in [-0.4, -0.2) is 26.8 Å². The summed E-state index contributed by atoms with van der Waals surface area (Å²) in [6, 6.07) is 0. The molecule has 0 heterocycles. The molecule has 0 spiro atoms. The Hall–Kier alpha value is -0.0800. The zero-order chi connectivity index (χ0) is 10.5. The van der Waals surface area contributed by atoms with Crippen LogP contribution in [0.4, 0.5) is 0 Å². The Balaban J connectivity index is 1.68. The van der Waals surface area contributed by atoms with E-state index in [0.29, 0.717) is 0 Å². The van der Waals surface area contributed by atoms with Crippen LogP contribution in [0.25, 0.3) is 0 Å². The highest BCUT2D eigenvalue weighted by Crippen LogP contribution is 2.45. The Morgan fingerprint density at radius 3 is 2.40 bits per heavy atom. The molecule has 0 aromatic rings. The zero-order valence-corrected chi connectivity index (χ0v) is 10.0. The van der Waals surface area contributed by atoms with E-state index in [1.807, 2.05) is 0 Å². The van der Waals surface area contributed by atoms with Crippen molar-refractivity contribution in [2.45, 2.75) is 38.5 Å². The summed E-state index contributed by atoms with van der Waals surface area (Å²) in [7, 11) is 1.77. The van der Waals surface area contributed by atoms with Crippen LogP contribution in [0.2, 0.25) is 0 Å². The summed E-state index contributed by atoms with van der Waals surface area (Å²) in [5.74, 6) is 3.07. The predicted octanol–water partition coefficient (Wildman–Crippen LogP) is 2.44. The molecule has 88 valence electrons. The van der Waals surface area contributed by atoms with E-state index in [1.165, 1.54) is 45.1 Å². The minimum Gasteiger partial charge on any atom is -0.383 e. The highest BCUT2D eigenvalue weighted by molar-refractivity contribution is 4.88. The molecule has 2 heteroatoms. The maximum atomic E-state index is 5.06. The number of rotatable bonds is 7. The van der Waals surface area contributed by atoms with Crippen LogP contribution in [0.15, 0.2) is 0 Å².